The number of carbonyl (C=O) groups excluding carboxylic acids is 4. The van der Waals surface area contributed by atoms with E-state index >= 15 is 0 Å². The molecule has 7 heteroatoms. The van der Waals surface area contributed by atoms with Gasteiger partial charge in [0.1, 0.15) is 6.04 Å². The molecule has 26 heavy (non-hydrogen) atoms. The summed E-state index contributed by atoms with van der Waals surface area (Å²) in [5, 5.41) is 2.14. The molecule has 2 heterocycles. The van der Waals surface area contributed by atoms with Crippen LogP contribution in [-0.4, -0.2) is 34.6 Å². The third kappa shape index (κ3) is 4.09. The van der Waals surface area contributed by atoms with E-state index in [1.165, 1.54) is 6.42 Å². The number of nitrogens with two attached hydrogens (primary N) is 1. The van der Waals surface area contributed by atoms with Crippen LogP contribution < -0.4 is 11.1 Å². The number of imide groups is 2. The van der Waals surface area contributed by atoms with Crippen molar-refractivity contribution in [3.05, 3.63) is 28.8 Å². The first-order chi connectivity index (χ1) is 12.3. The SMILES string of the molecule is CC.CCC.Cc1cc(N)c2c(c1)C(=O)N(C1CCC(=O)NC1=O)C2=O. The van der Waals surface area contributed by atoms with E-state index in [1.54, 1.807) is 19.1 Å². The maximum atomic E-state index is 12.4. The monoisotopic (exact) mass is 361 g/mol. The molecule has 0 saturated carbocycles. The maximum absolute atomic E-state index is 12.4. The quantitative estimate of drug-likeness (QED) is 0.590. The smallest absolute Gasteiger partial charge is 0.264 e. The number of carbonyl (C=O) groups is 4. The summed E-state index contributed by atoms with van der Waals surface area (Å²) in [5.41, 5.74) is 7.15. The topological polar surface area (TPSA) is 110 Å². The van der Waals surface area contributed by atoms with Gasteiger partial charge in [0, 0.05) is 12.1 Å². The summed E-state index contributed by atoms with van der Waals surface area (Å²) < 4.78 is 0. The second-order valence-corrected chi connectivity index (χ2v) is 5.93. The molecule has 0 aromatic heterocycles. The van der Waals surface area contributed by atoms with Crippen LogP contribution in [0.3, 0.4) is 0 Å². The van der Waals surface area contributed by atoms with Gasteiger partial charge in [-0.3, -0.25) is 29.4 Å². The highest BCUT2D eigenvalue weighted by atomic mass is 16.2. The van der Waals surface area contributed by atoms with Crippen LogP contribution in [0.15, 0.2) is 12.1 Å². The standard InChI is InChI=1S/C14H13N3O4.C3H8.C2H6/c1-6-4-7-11(8(15)5-6)14(21)17(13(7)20)9-2-3-10(18)16-12(9)19;1-3-2;1-2/h4-5,9H,2-3,15H2,1H3,(H,16,18,19);3H2,1-2H3;1-2H3. The second kappa shape index (κ2) is 9.12. The van der Waals surface area contributed by atoms with E-state index in [4.69, 9.17) is 5.73 Å². The van der Waals surface area contributed by atoms with Gasteiger partial charge in [0.15, 0.2) is 0 Å². The Balaban J connectivity index is 0.000000615. The van der Waals surface area contributed by atoms with Crippen molar-refractivity contribution in [1.29, 1.82) is 0 Å². The molecular weight excluding hydrogens is 334 g/mol. The molecular formula is C19H27N3O4. The van der Waals surface area contributed by atoms with Crippen molar-refractivity contribution in [3.63, 3.8) is 0 Å². The molecule has 4 amide bonds. The number of nitrogens with one attached hydrogen (secondary N) is 1. The summed E-state index contributed by atoms with van der Waals surface area (Å²) in [6.07, 6.45) is 1.48. The number of hydrogen-bond acceptors (Lipinski definition) is 5. The third-order valence-corrected chi connectivity index (χ3v) is 3.72. The number of nitrogen functional groups attached to an aromatic ring is 1. The van der Waals surface area contributed by atoms with Crippen molar-refractivity contribution in [1.82, 2.24) is 10.2 Å². The van der Waals surface area contributed by atoms with Crippen LogP contribution in [-0.2, 0) is 9.59 Å². The molecule has 7 nitrogen and oxygen atoms in total. The summed E-state index contributed by atoms with van der Waals surface area (Å²) in [7, 11) is 0. The molecule has 1 aromatic carbocycles. The molecule has 142 valence electrons. The molecule has 2 aliphatic rings. The van der Waals surface area contributed by atoms with E-state index in [-0.39, 0.29) is 29.7 Å². The molecule has 1 aromatic rings. The molecule has 2 aliphatic heterocycles. The van der Waals surface area contributed by atoms with Gasteiger partial charge >= 0.3 is 0 Å². The zero-order chi connectivity index (χ0) is 20.0. The normalized spacial score (nSPS) is 18.3. The van der Waals surface area contributed by atoms with Crippen LogP contribution in [0.2, 0.25) is 0 Å². The van der Waals surface area contributed by atoms with Crippen molar-refractivity contribution in [3.8, 4) is 0 Å². The largest absolute Gasteiger partial charge is 0.398 e. The Morgan fingerprint density at radius 2 is 1.69 bits per heavy atom. The minimum Gasteiger partial charge on any atom is -0.398 e. The number of nitrogens with zero attached hydrogens (tertiary/aromatic N) is 1. The number of anilines is 1. The number of benzene rings is 1. The number of aryl methyl sites for hydroxylation is 1. The number of fused-ring (bicyclic) bond motifs is 1. The lowest BCUT2D eigenvalue weighted by Gasteiger charge is -2.27. The first-order valence-electron chi connectivity index (χ1n) is 8.93. The number of amides is 4. The van der Waals surface area contributed by atoms with E-state index in [2.05, 4.69) is 19.2 Å². The summed E-state index contributed by atoms with van der Waals surface area (Å²) in [5.74, 6) is -2.15. The lowest BCUT2D eigenvalue weighted by molar-refractivity contribution is -0.136. The molecule has 3 rings (SSSR count). The molecule has 0 bridgehead atoms. The van der Waals surface area contributed by atoms with Crippen molar-refractivity contribution in [2.75, 3.05) is 5.73 Å². The zero-order valence-corrected chi connectivity index (χ0v) is 16.0. The zero-order valence-electron chi connectivity index (χ0n) is 16.0. The average molecular weight is 361 g/mol. The molecule has 1 fully saturated rings. The Morgan fingerprint density at radius 3 is 2.23 bits per heavy atom. The number of hydrogen-bond donors (Lipinski definition) is 2. The average Bonchev–Trinajstić information content (AvgIpc) is 2.82. The van der Waals surface area contributed by atoms with Crippen molar-refractivity contribution in [2.45, 2.75) is 59.9 Å². The Labute approximate surface area is 153 Å². The predicted octanol–water partition coefficient (Wildman–Crippen LogP) is 2.42. The van der Waals surface area contributed by atoms with Crippen LogP contribution >= 0.6 is 0 Å². The van der Waals surface area contributed by atoms with Crippen molar-refractivity contribution in [2.24, 2.45) is 0 Å². The molecule has 0 spiro atoms. The van der Waals surface area contributed by atoms with Gasteiger partial charge in [-0.2, -0.15) is 0 Å². The number of piperidine rings is 1. The van der Waals surface area contributed by atoms with Crippen molar-refractivity contribution >= 4 is 29.3 Å². The van der Waals surface area contributed by atoms with E-state index in [9.17, 15) is 19.2 Å². The minimum absolute atomic E-state index is 0.0956. The van der Waals surface area contributed by atoms with Crippen LogP contribution in [0.5, 0.6) is 0 Å². The van der Waals surface area contributed by atoms with Crippen LogP contribution in [0.1, 0.15) is 73.2 Å². The highest BCUT2D eigenvalue weighted by molar-refractivity contribution is 6.25. The molecule has 0 aliphatic carbocycles. The Bertz CT molecular complexity index is 728. The molecule has 0 radical (unpaired) electrons. The fourth-order valence-corrected chi connectivity index (χ4v) is 2.78. The first-order valence-corrected chi connectivity index (χ1v) is 8.93. The van der Waals surface area contributed by atoms with Gasteiger partial charge in [0.05, 0.1) is 11.1 Å². The first kappa shape index (κ1) is 21.3. The van der Waals surface area contributed by atoms with Crippen LogP contribution in [0.4, 0.5) is 5.69 Å². The Morgan fingerprint density at radius 1 is 1.12 bits per heavy atom. The summed E-state index contributed by atoms with van der Waals surface area (Å²) in [4.78, 5) is 48.8. The molecule has 1 saturated heterocycles. The van der Waals surface area contributed by atoms with Crippen LogP contribution in [0, 0.1) is 6.92 Å². The lowest BCUT2D eigenvalue weighted by Crippen LogP contribution is -2.54. The molecule has 1 unspecified atom stereocenters. The van der Waals surface area contributed by atoms with Gasteiger partial charge in [-0.15, -0.1) is 0 Å². The van der Waals surface area contributed by atoms with Gasteiger partial charge in [0.2, 0.25) is 11.8 Å². The van der Waals surface area contributed by atoms with Gasteiger partial charge in [-0.25, -0.2) is 0 Å². The minimum atomic E-state index is -0.963. The van der Waals surface area contributed by atoms with Crippen molar-refractivity contribution < 1.29 is 19.2 Å². The Hall–Kier alpha value is -2.70. The van der Waals surface area contributed by atoms with Gasteiger partial charge in [-0.1, -0.05) is 34.1 Å². The van der Waals surface area contributed by atoms with Gasteiger partial charge < -0.3 is 5.73 Å². The van der Waals surface area contributed by atoms with E-state index in [0.29, 0.717) is 0 Å². The summed E-state index contributed by atoms with van der Waals surface area (Å²) in [6, 6.07) is 2.23. The van der Waals surface area contributed by atoms with E-state index in [0.717, 1.165) is 10.5 Å². The highest BCUT2D eigenvalue weighted by Crippen LogP contribution is 2.31. The lowest BCUT2D eigenvalue weighted by atomic mass is 10.0. The summed E-state index contributed by atoms with van der Waals surface area (Å²) in [6.45, 7) is 10.0. The maximum Gasteiger partial charge on any atom is 0.264 e. The van der Waals surface area contributed by atoms with Crippen LogP contribution in [0.25, 0.3) is 0 Å². The van der Waals surface area contributed by atoms with E-state index in [1.807, 2.05) is 13.8 Å². The van der Waals surface area contributed by atoms with Gasteiger partial charge in [0.25, 0.3) is 11.8 Å². The predicted molar refractivity (Wildman–Crippen MR) is 99.6 cm³/mol. The fourth-order valence-electron chi connectivity index (χ4n) is 2.78. The summed E-state index contributed by atoms with van der Waals surface area (Å²) >= 11 is 0. The highest BCUT2D eigenvalue weighted by Gasteiger charge is 2.45. The Kier molecular flexibility index (Phi) is 7.49. The number of rotatable bonds is 1. The molecule has 1 atom stereocenters. The fraction of sp³-hybridized carbons (Fsp3) is 0.474. The van der Waals surface area contributed by atoms with E-state index < -0.39 is 29.7 Å². The third-order valence-electron chi connectivity index (χ3n) is 3.72. The van der Waals surface area contributed by atoms with Gasteiger partial charge in [-0.05, 0) is 31.0 Å². The second-order valence-electron chi connectivity index (χ2n) is 5.93. The molecule has 3 N–H and O–H groups in total.